The Balaban J connectivity index is 1.80. The van der Waals surface area contributed by atoms with E-state index in [-0.39, 0.29) is 5.91 Å². The van der Waals surface area contributed by atoms with Crippen LogP contribution in [0.15, 0.2) is 16.7 Å². The van der Waals surface area contributed by atoms with Crippen LogP contribution in [0.3, 0.4) is 0 Å². The number of carbonyl (C=O) groups excluding carboxylic acids is 1. The van der Waals surface area contributed by atoms with Crippen molar-refractivity contribution in [1.82, 2.24) is 15.1 Å². The SMILES string of the molecule is Cc1cc(C(=O)Nc2cc(C)on2)nc(N2CCCC(C)C2)n1. The van der Waals surface area contributed by atoms with Gasteiger partial charge in [-0.1, -0.05) is 12.1 Å². The molecule has 0 spiro atoms. The molecule has 1 unspecified atom stereocenters. The van der Waals surface area contributed by atoms with Crippen LogP contribution in [0, 0.1) is 19.8 Å². The molecule has 0 aliphatic carbocycles. The molecule has 7 nitrogen and oxygen atoms in total. The van der Waals surface area contributed by atoms with E-state index in [1.165, 1.54) is 6.42 Å². The maximum Gasteiger partial charge on any atom is 0.275 e. The van der Waals surface area contributed by atoms with Crippen LogP contribution in [0.5, 0.6) is 0 Å². The molecule has 23 heavy (non-hydrogen) atoms. The van der Waals surface area contributed by atoms with Gasteiger partial charge < -0.3 is 14.7 Å². The summed E-state index contributed by atoms with van der Waals surface area (Å²) in [7, 11) is 0. The van der Waals surface area contributed by atoms with Crippen molar-refractivity contribution in [1.29, 1.82) is 0 Å². The average Bonchev–Trinajstić information content (AvgIpc) is 2.91. The minimum Gasteiger partial charge on any atom is -0.360 e. The van der Waals surface area contributed by atoms with E-state index in [1.807, 2.05) is 6.92 Å². The summed E-state index contributed by atoms with van der Waals surface area (Å²) < 4.78 is 4.95. The Labute approximate surface area is 135 Å². The fourth-order valence-corrected chi connectivity index (χ4v) is 2.79. The van der Waals surface area contributed by atoms with Gasteiger partial charge in [0, 0.05) is 24.8 Å². The first-order valence-corrected chi connectivity index (χ1v) is 7.86. The third-order valence-electron chi connectivity index (χ3n) is 3.88. The summed E-state index contributed by atoms with van der Waals surface area (Å²) in [5.74, 6) is 1.95. The quantitative estimate of drug-likeness (QED) is 0.937. The molecule has 0 aromatic carbocycles. The molecule has 122 valence electrons. The average molecular weight is 315 g/mol. The van der Waals surface area contributed by atoms with Crippen molar-refractivity contribution in [3.8, 4) is 0 Å². The summed E-state index contributed by atoms with van der Waals surface area (Å²) in [4.78, 5) is 23.4. The molecule has 1 fully saturated rings. The molecule has 1 saturated heterocycles. The van der Waals surface area contributed by atoms with Gasteiger partial charge in [-0.05, 0) is 38.7 Å². The third-order valence-corrected chi connectivity index (χ3v) is 3.88. The van der Waals surface area contributed by atoms with Crippen molar-refractivity contribution in [2.45, 2.75) is 33.6 Å². The Morgan fingerprint density at radius 3 is 2.87 bits per heavy atom. The van der Waals surface area contributed by atoms with E-state index < -0.39 is 0 Å². The number of nitrogens with zero attached hydrogens (tertiary/aromatic N) is 4. The molecule has 3 heterocycles. The summed E-state index contributed by atoms with van der Waals surface area (Å²) in [5, 5.41) is 6.46. The van der Waals surface area contributed by atoms with E-state index in [9.17, 15) is 4.79 Å². The zero-order chi connectivity index (χ0) is 16.4. The highest BCUT2D eigenvalue weighted by molar-refractivity contribution is 6.02. The van der Waals surface area contributed by atoms with Gasteiger partial charge in [0.25, 0.3) is 5.91 Å². The standard InChI is InChI=1S/C16H21N5O2/c1-10-5-4-6-21(9-10)16-17-11(2)7-13(18-16)15(22)19-14-8-12(3)23-20-14/h7-8,10H,4-6,9H2,1-3H3,(H,19,20,22). The second-order valence-corrected chi connectivity index (χ2v) is 6.16. The maximum atomic E-state index is 12.4. The van der Waals surface area contributed by atoms with E-state index in [2.05, 4.69) is 32.3 Å². The number of aryl methyl sites for hydroxylation is 2. The fourth-order valence-electron chi connectivity index (χ4n) is 2.79. The number of carbonyl (C=O) groups is 1. The molecule has 7 heteroatoms. The smallest absolute Gasteiger partial charge is 0.275 e. The molecular formula is C16H21N5O2. The number of rotatable bonds is 3. The highest BCUT2D eigenvalue weighted by Gasteiger charge is 2.21. The summed E-state index contributed by atoms with van der Waals surface area (Å²) in [5.41, 5.74) is 1.11. The van der Waals surface area contributed by atoms with Gasteiger partial charge in [-0.3, -0.25) is 4.79 Å². The Morgan fingerprint density at radius 2 is 2.17 bits per heavy atom. The molecule has 1 aliphatic heterocycles. The molecule has 0 radical (unpaired) electrons. The number of hydrogen-bond acceptors (Lipinski definition) is 6. The minimum atomic E-state index is -0.310. The molecule has 2 aromatic rings. The van der Waals surface area contributed by atoms with E-state index in [4.69, 9.17) is 4.52 Å². The molecule has 1 amide bonds. The van der Waals surface area contributed by atoms with Crippen molar-refractivity contribution in [3.05, 3.63) is 29.3 Å². The first kappa shape index (κ1) is 15.5. The van der Waals surface area contributed by atoms with Gasteiger partial charge >= 0.3 is 0 Å². The van der Waals surface area contributed by atoms with Crippen LogP contribution < -0.4 is 10.2 Å². The lowest BCUT2D eigenvalue weighted by Crippen LogP contribution is -2.36. The van der Waals surface area contributed by atoms with Crippen LogP contribution in [-0.4, -0.2) is 34.1 Å². The van der Waals surface area contributed by atoms with Gasteiger partial charge in [0.05, 0.1) is 0 Å². The first-order valence-electron chi connectivity index (χ1n) is 7.86. The lowest BCUT2D eigenvalue weighted by atomic mass is 10.0. The van der Waals surface area contributed by atoms with Crippen LogP contribution in [0.4, 0.5) is 11.8 Å². The van der Waals surface area contributed by atoms with Gasteiger partial charge in [-0.25, -0.2) is 9.97 Å². The van der Waals surface area contributed by atoms with Crippen molar-refractivity contribution in [2.24, 2.45) is 5.92 Å². The van der Waals surface area contributed by atoms with Crippen molar-refractivity contribution in [3.63, 3.8) is 0 Å². The van der Waals surface area contributed by atoms with Gasteiger partial charge in [-0.2, -0.15) is 0 Å². The lowest BCUT2D eigenvalue weighted by Gasteiger charge is -2.31. The van der Waals surface area contributed by atoms with Crippen molar-refractivity contribution < 1.29 is 9.32 Å². The summed E-state index contributed by atoms with van der Waals surface area (Å²) in [6, 6.07) is 3.35. The minimum absolute atomic E-state index is 0.310. The largest absolute Gasteiger partial charge is 0.360 e. The Kier molecular flexibility index (Phi) is 4.27. The zero-order valence-corrected chi connectivity index (χ0v) is 13.7. The van der Waals surface area contributed by atoms with Crippen LogP contribution in [0.2, 0.25) is 0 Å². The number of anilines is 2. The van der Waals surface area contributed by atoms with Crippen LogP contribution in [-0.2, 0) is 0 Å². The second kappa shape index (κ2) is 6.36. The van der Waals surface area contributed by atoms with E-state index in [1.54, 1.807) is 19.1 Å². The van der Waals surface area contributed by atoms with Gasteiger partial charge in [0.2, 0.25) is 5.95 Å². The number of piperidine rings is 1. The van der Waals surface area contributed by atoms with Crippen LogP contribution in [0.1, 0.15) is 41.7 Å². The number of amides is 1. The van der Waals surface area contributed by atoms with Gasteiger partial charge in [0.1, 0.15) is 11.5 Å². The second-order valence-electron chi connectivity index (χ2n) is 6.16. The molecule has 1 atom stereocenters. The molecule has 0 saturated carbocycles. The Bertz CT molecular complexity index is 712. The van der Waals surface area contributed by atoms with Gasteiger partial charge in [0.15, 0.2) is 5.82 Å². The van der Waals surface area contributed by atoms with E-state index >= 15 is 0 Å². The van der Waals surface area contributed by atoms with Crippen molar-refractivity contribution >= 4 is 17.7 Å². The molecule has 3 rings (SSSR count). The summed E-state index contributed by atoms with van der Waals surface area (Å²) >= 11 is 0. The number of aromatic nitrogens is 3. The van der Waals surface area contributed by atoms with E-state index in [0.717, 1.165) is 25.2 Å². The molecule has 0 bridgehead atoms. The summed E-state index contributed by atoms with van der Waals surface area (Å²) in [6.07, 6.45) is 2.35. The van der Waals surface area contributed by atoms with E-state index in [0.29, 0.717) is 29.1 Å². The molecule has 1 aliphatic rings. The number of hydrogen-bond donors (Lipinski definition) is 1. The zero-order valence-electron chi connectivity index (χ0n) is 13.7. The predicted octanol–water partition coefficient (Wildman–Crippen LogP) is 2.57. The molecule has 2 aromatic heterocycles. The fraction of sp³-hybridized carbons (Fsp3) is 0.500. The lowest BCUT2D eigenvalue weighted by molar-refractivity contribution is 0.102. The topological polar surface area (TPSA) is 84.2 Å². The van der Waals surface area contributed by atoms with Crippen LogP contribution in [0.25, 0.3) is 0 Å². The molecular weight excluding hydrogens is 294 g/mol. The maximum absolute atomic E-state index is 12.4. The predicted molar refractivity (Wildman–Crippen MR) is 86.6 cm³/mol. The van der Waals surface area contributed by atoms with Crippen molar-refractivity contribution in [2.75, 3.05) is 23.3 Å². The highest BCUT2D eigenvalue weighted by Crippen LogP contribution is 2.20. The third kappa shape index (κ3) is 3.67. The highest BCUT2D eigenvalue weighted by atomic mass is 16.5. The molecule has 1 N–H and O–H groups in total. The van der Waals surface area contributed by atoms with Gasteiger partial charge in [-0.15, -0.1) is 0 Å². The normalized spacial score (nSPS) is 18.0. The first-order chi connectivity index (χ1) is 11.0. The number of nitrogens with one attached hydrogen (secondary N) is 1. The van der Waals surface area contributed by atoms with Crippen LogP contribution >= 0.6 is 0 Å². The Morgan fingerprint density at radius 1 is 1.35 bits per heavy atom. The summed E-state index contributed by atoms with van der Waals surface area (Å²) in [6.45, 7) is 7.72. The Hall–Kier alpha value is -2.44. The monoisotopic (exact) mass is 315 g/mol.